The maximum atomic E-state index is 10.9. The monoisotopic (exact) mass is 242 g/mol. The maximum absolute atomic E-state index is 10.9. The van der Waals surface area contributed by atoms with Gasteiger partial charge in [-0.15, -0.1) is 4.91 Å². The van der Waals surface area contributed by atoms with E-state index in [0.717, 1.165) is 17.7 Å². The number of hydrogen-bond acceptors (Lipinski definition) is 3. The van der Waals surface area contributed by atoms with Gasteiger partial charge >= 0.3 is 0 Å². The summed E-state index contributed by atoms with van der Waals surface area (Å²) < 4.78 is 1.83. The average Bonchev–Trinajstić information content (AvgIpc) is 2.66. The lowest BCUT2D eigenvalue weighted by Gasteiger charge is -2.35. The first-order chi connectivity index (χ1) is 8.54. The standard InChI is InChI=1S/C14H14N2O2/c1-14(2)8-9-5-3-4-6-10(9)11-7-12(17)13(15-18)16(11)14/h3-7,17H,8H2,1-2H3. The zero-order valence-electron chi connectivity index (χ0n) is 10.3. The number of benzene rings is 1. The first-order valence-corrected chi connectivity index (χ1v) is 5.91. The molecule has 0 saturated carbocycles. The molecule has 0 radical (unpaired) electrons. The second kappa shape index (κ2) is 3.45. The van der Waals surface area contributed by atoms with Crippen molar-refractivity contribution < 1.29 is 5.11 Å². The van der Waals surface area contributed by atoms with E-state index in [0.29, 0.717) is 0 Å². The Hall–Kier alpha value is -2.10. The van der Waals surface area contributed by atoms with Crippen LogP contribution in [0.1, 0.15) is 19.4 Å². The lowest BCUT2D eigenvalue weighted by molar-refractivity contribution is 0.350. The van der Waals surface area contributed by atoms with Gasteiger partial charge in [-0.05, 0) is 31.0 Å². The molecule has 3 rings (SSSR count). The van der Waals surface area contributed by atoms with E-state index in [1.54, 1.807) is 6.07 Å². The zero-order chi connectivity index (χ0) is 12.9. The summed E-state index contributed by atoms with van der Waals surface area (Å²) in [7, 11) is 0. The average molecular weight is 242 g/mol. The van der Waals surface area contributed by atoms with Crippen LogP contribution < -0.4 is 0 Å². The quantitative estimate of drug-likeness (QED) is 0.777. The van der Waals surface area contributed by atoms with Crippen LogP contribution in [0.2, 0.25) is 0 Å². The van der Waals surface area contributed by atoms with E-state index in [9.17, 15) is 10.0 Å². The van der Waals surface area contributed by atoms with Gasteiger partial charge in [0.15, 0.2) is 5.75 Å². The van der Waals surface area contributed by atoms with Crippen molar-refractivity contribution in [3.63, 3.8) is 0 Å². The second-order valence-corrected chi connectivity index (χ2v) is 5.31. The summed E-state index contributed by atoms with van der Waals surface area (Å²) in [6.07, 6.45) is 0.812. The van der Waals surface area contributed by atoms with Gasteiger partial charge in [0.05, 0.1) is 5.69 Å². The summed E-state index contributed by atoms with van der Waals surface area (Å²) >= 11 is 0. The molecule has 2 heterocycles. The summed E-state index contributed by atoms with van der Waals surface area (Å²) in [5.41, 5.74) is 2.87. The molecule has 0 unspecified atom stereocenters. The lowest BCUT2D eigenvalue weighted by Crippen LogP contribution is -2.32. The molecule has 0 aliphatic carbocycles. The Morgan fingerprint density at radius 1 is 1.33 bits per heavy atom. The SMILES string of the molecule is CC1(C)Cc2ccccc2-c2cc(O)c(N=O)n21. The van der Waals surface area contributed by atoms with Gasteiger partial charge in [0.2, 0.25) is 5.82 Å². The van der Waals surface area contributed by atoms with Gasteiger partial charge in [0.25, 0.3) is 0 Å². The van der Waals surface area contributed by atoms with Crippen molar-refractivity contribution in [1.29, 1.82) is 0 Å². The third kappa shape index (κ3) is 1.32. The number of fused-ring (bicyclic) bond motifs is 3. The second-order valence-electron chi connectivity index (χ2n) is 5.31. The van der Waals surface area contributed by atoms with Crippen LogP contribution in [0.15, 0.2) is 35.5 Å². The van der Waals surface area contributed by atoms with Gasteiger partial charge in [-0.2, -0.15) is 0 Å². The van der Waals surface area contributed by atoms with Crippen LogP contribution in [-0.4, -0.2) is 9.67 Å². The Labute approximate surface area is 105 Å². The van der Waals surface area contributed by atoms with E-state index in [4.69, 9.17) is 0 Å². The van der Waals surface area contributed by atoms with Gasteiger partial charge in [-0.1, -0.05) is 24.3 Å². The molecule has 0 amide bonds. The van der Waals surface area contributed by atoms with E-state index in [1.165, 1.54) is 5.56 Å². The van der Waals surface area contributed by atoms with E-state index in [1.807, 2.05) is 36.6 Å². The van der Waals surface area contributed by atoms with E-state index in [-0.39, 0.29) is 17.1 Å². The molecule has 1 aromatic carbocycles. The van der Waals surface area contributed by atoms with Crippen LogP contribution in [-0.2, 0) is 12.0 Å². The first-order valence-electron chi connectivity index (χ1n) is 5.91. The Morgan fingerprint density at radius 2 is 2.06 bits per heavy atom. The van der Waals surface area contributed by atoms with Gasteiger partial charge in [0.1, 0.15) is 0 Å². The highest BCUT2D eigenvalue weighted by Crippen LogP contribution is 2.46. The van der Waals surface area contributed by atoms with Gasteiger partial charge in [-0.25, -0.2) is 0 Å². The molecule has 1 aliphatic heterocycles. The minimum absolute atomic E-state index is 0.0511. The highest BCUT2D eigenvalue weighted by atomic mass is 16.3. The number of nitrogens with zero attached hydrogens (tertiary/aromatic N) is 2. The molecule has 4 nitrogen and oxygen atoms in total. The van der Waals surface area contributed by atoms with Crippen LogP contribution in [0.3, 0.4) is 0 Å². The molecule has 92 valence electrons. The molecule has 0 fully saturated rings. The Morgan fingerprint density at radius 3 is 2.78 bits per heavy atom. The molecule has 0 saturated heterocycles. The highest BCUT2D eigenvalue weighted by molar-refractivity contribution is 5.73. The summed E-state index contributed by atoms with van der Waals surface area (Å²) in [5.74, 6) is 0.0641. The highest BCUT2D eigenvalue weighted by Gasteiger charge is 2.34. The zero-order valence-corrected chi connectivity index (χ0v) is 10.3. The number of aromatic nitrogens is 1. The van der Waals surface area contributed by atoms with Crippen LogP contribution in [0.4, 0.5) is 5.82 Å². The van der Waals surface area contributed by atoms with Crippen molar-refractivity contribution in [2.24, 2.45) is 5.18 Å². The van der Waals surface area contributed by atoms with E-state index in [2.05, 4.69) is 11.2 Å². The third-order valence-corrected chi connectivity index (χ3v) is 3.56. The summed E-state index contributed by atoms with van der Waals surface area (Å²) in [6.45, 7) is 4.08. The van der Waals surface area contributed by atoms with Crippen LogP contribution >= 0.6 is 0 Å². The number of rotatable bonds is 1. The first kappa shape index (κ1) is 11.0. The fraction of sp³-hybridized carbons (Fsp3) is 0.286. The Kier molecular flexibility index (Phi) is 2.11. The number of aromatic hydroxyl groups is 1. The molecule has 0 spiro atoms. The van der Waals surface area contributed by atoms with E-state index >= 15 is 0 Å². The summed E-state index contributed by atoms with van der Waals surface area (Å²) in [6, 6.07) is 9.67. The number of nitroso groups, excluding NO2 is 1. The molecule has 1 aromatic heterocycles. The molecule has 0 atom stereocenters. The number of hydrogen-bond donors (Lipinski definition) is 1. The third-order valence-electron chi connectivity index (χ3n) is 3.56. The fourth-order valence-electron chi connectivity index (χ4n) is 2.86. The topological polar surface area (TPSA) is 54.6 Å². The summed E-state index contributed by atoms with van der Waals surface area (Å²) in [5, 5.41) is 12.8. The predicted molar refractivity (Wildman–Crippen MR) is 70.0 cm³/mol. The largest absolute Gasteiger partial charge is 0.504 e. The van der Waals surface area contributed by atoms with Crippen LogP contribution in [0.25, 0.3) is 11.3 Å². The van der Waals surface area contributed by atoms with Gasteiger partial charge in [0, 0.05) is 17.2 Å². The minimum atomic E-state index is -0.270. The molecular weight excluding hydrogens is 228 g/mol. The Bertz CT molecular complexity index is 641. The van der Waals surface area contributed by atoms with Crippen molar-refractivity contribution >= 4 is 5.82 Å². The Balaban J connectivity index is 2.38. The molecule has 0 bridgehead atoms. The predicted octanol–water partition coefficient (Wildman–Crippen LogP) is 3.55. The fourth-order valence-corrected chi connectivity index (χ4v) is 2.86. The molecule has 2 aromatic rings. The van der Waals surface area contributed by atoms with Crippen LogP contribution in [0, 0.1) is 4.91 Å². The van der Waals surface area contributed by atoms with Crippen molar-refractivity contribution in [2.75, 3.05) is 0 Å². The maximum Gasteiger partial charge on any atom is 0.220 e. The molecular formula is C14H14N2O2. The molecule has 4 heteroatoms. The van der Waals surface area contributed by atoms with Crippen molar-refractivity contribution in [1.82, 2.24) is 4.57 Å². The van der Waals surface area contributed by atoms with Crippen molar-refractivity contribution in [2.45, 2.75) is 25.8 Å². The molecule has 1 N–H and O–H groups in total. The van der Waals surface area contributed by atoms with E-state index < -0.39 is 0 Å². The van der Waals surface area contributed by atoms with Crippen molar-refractivity contribution in [3.05, 3.63) is 40.8 Å². The molecule has 18 heavy (non-hydrogen) atoms. The van der Waals surface area contributed by atoms with Gasteiger partial charge in [-0.3, -0.25) is 0 Å². The normalized spacial score (nSPS) is 15.9. The van der Waals surface area contributed by atoms with Crippen molar-refractivity contribution in [3.8, 4) is 17.0 Å². The lowest BCUT2D eigenvalue weighted by atomic mass is 9.86. The summed E-state index contributed by atoms with van der Waals surface area (Å²) in [4.78, 5) is 10.9. The smallest absolute Gasteiger partial charge is 0.220 e. The molecule has 1 aliphatic rings. The van der Waals surface area contributed by atoms with Gasteiger partial charge < -0.3 is 9.67 Å². The van der Waals surface area contributed by atoms with Crippen LogP contribution in [0.5, 0.6) is 5.75 Å². The minimum Gasteiger partial charge on any atom is -0.504 e.